The van der Waals surface area contributed by atoms with Crippen molar-refractivity contribution < 1.29 is 29.3 Å². The first kappa shape index (κ1) is 21.3. The van der Waals surface area contributed by atoms with Gasteiger partial charge < -0.3 is 30.5 Å². The maximum Gasteiger partial charge on any atom is 0.336 e. The summed E-state index contributed by atoms with van der Waals surface area (Å²) in [4.78, 5) is 36.9. The van der Waals surface area contributed by atoms with Gasteiger partial charge in [-0.1, -0.05) is 12.1 Å². The van der Waals surface area contributed by atoms with Crippen LogP contribution in [0.5, 0.6) is 0 Å². The topological polar surface area (TPSA) is 128 Å². The summed E-state index contributed by atoms with van der Waals surface area (Å²) < 4.78 is 5.12. The minimum atomic E-state index is -1.19. The van der Waals surface area contributed by atoms with Crippen LogP contribution >= 0.6 is 0 Å². The van der Waals surface area contributed by atoms with Gasteiger partial charge in [-0.3, -0.25) is 9.59 Å². The zero-order chi connectivity index (χ0) is 21.5. The molecule has 0 spiro atoms. The van der Waals surface area contributed by atoms with E-state index >= 15 is 0 Å². The number of carbonyl (C=O) groups is 3. The van der Waals surface area contributed by atoms with Crippen LogP contribution in [0.4, 0.5) is 11.4 Å². The second-order valence-corrected chi connectivity index (χ2v) is 6.74. The molecule has 1 heterocycles. The molecular weight excluding hydrogens is 390 g/mol. The second-order valence-electron chi connectivity index (χ2n) is 6.74. The lowest BCUT2D eigenvalue weighted by Gasteiger charge is -2.27. The molecule has 158 valence electrons. The molecule has 4 N–H and O–H groups in total. The van der Waals surface area contributed by atoms with Crippen molar-refractivity contribution in [1.29, 1.82) is 0 Å². The number of amides is 2. The number of hydrogen-bond donors (Lipinski definition) is 4. The van der Waals surface area contributed by atoms with Crippen molar-refractivity contribution in [1.82, 2.24) is 5.32 Å². The third-order valence-corrected chi connectivity index (χ3v) is 4.61. The first-order valence-electron chi connectivity index (χ1n) is 9.46. The number of carbonyl (C=O) groups excluding carboxylic acids is 2. The Morgan fingerprint density at radius 3 is 2.43 bits per heavy atom. The van der Waals surface area contributed by atoms with E-state index in [-0.39, 0.29) is 36.7 Å². The average Bonchev–Trinajstić information content (AvgIpc) is 2.76. The molecule has 1 atom stereocenters. The first-order chi connectivity index (χ1) is 14.5. The molecule has 2 aromatic carbocycles. The molecule has 0 radical (unpaired) electrons. The van der Waals surface area contributed by atoms with E-state index in [2.05, 4.69) is 10.6 Å². The number of nitrogens with zero attached hydrogens (tertiary/aromatic N) is 1. The summed E-state index contributed by atoms with van der Waals surface area (Å²) in [5, 5.41) is 24.9. The van der Waals surface area contributed by atoms with Gasteiger partial charge in [-0.2, -0.15) is 0 Å². The number of hydrogen-bond acceptors (Lipinski definition) is 6. The summed E-state index contributed by atoms with van der Waals surface area (Å²) >= 11 is 0. The maximum atomic E-state index is 12.2. The molecular formula is C21H23N3O6. The fraction of sp³-hybridized carbons (Fsp3) is 0.286. The van der Waals surface area contributed by atoms with Crippen LogP contribution in [0.25, 0.3) is 0 Å². The number of morpholine rings is 1. The highest BCUT2D eigenvalue weighted by Gasteiger charge is 2.20. The van der Waals surface area contributed by atoms with Crippen molar-refractivity contribution in [3.05, 3.63) is 59.7 Å². The fourth-order valence-corrected chi connectivity index (χ4v) is 3.03. The van der Waals surface area contributed by atoms with Crippen molar-refractivity contribution in [2.75, 3.05) is 43.1 Å². The molecule has 2 aromatic rings. The molecule has 1 aliphatic heterocycles. The van der Waals surface area contributed by atoms with E-state index in [1.807, 2.05) is 12.1 Å². The van der Waals surface area contributed by atoms with Crippen molar-refractivity contribution in [2.45, 2.75) is 6.10 Å². The van der Waals surface area contributed by atoms with Gasteiger partial charge in [0.2, 0.25) is 0 Å². The third-order valence-electron chi connectivity index (χ3n) is 4.61. The van der Waals surface area contributed by atoms with Crippen LogP contribution in [-0.4, -0.2) is 66.9 Å². The highest BCUT2D eigenvalue weighted by Crippen LogP contribution is 2.19. The van der Waals surface area contributed by atoms with Crippen LogP contribution < -0.4 is 15.5 Å². The lowest BCUT2D eigenvalue weighted by molar-refractivity contribution is -0.125. The van der Waals surface area contributed by atoms with Gasteiger partial charge in [0, 0.05) is 31.0 Å². The number of nitrogens with one attached hydrogen (secondary N) is 2. The Hall–Kier alpha value is -3.43. The van der Waals surface area contributed by atoms with Crippen LogP contribution in [0.15, 0.2) is 48.5 Å². The van der Waals surface area contributed by atoms with E-state index in [0.717, 1.165) is 11.4 Å². The van der Waals surface area contributed by atoms with Crippen LogP contribution in [0.1, 0.15) is 20.7 Å². The molecule has 0 unspecified atom stereocenters. The van der Waals surface area contributed by atoms with E-state index in [4.69, 9.17) is 9.84 Å². The van der Waals surface area contributed by atoms with Gasteiger partial charge in [0.15, 0.2) is 0 Å². The van der Waals surface area contributed by atoms with E-state index in [0.29, 0.717) is 13.2 Å². The Balaban J connectivity index is 1.48. The maximum absolute atomic E-state index is 12.2. The van der Waals surface area contributed by atoms with E-state index < -0.39 is 18.0 Å². The number of anilines is 2. The van der Waals surface area contributed by atoms with Gasteiger partial charge in [-0.15, -0.1) is 0 Å². The molecule has 9 heteroatoms. The molecule has 3 rings (SSSR count). The summed E-state index contributed by atoms with van der Waals surface area (Å²) in [6, 6.07) is 13.1. The van der Waals surface area contributed by atoms with E-state index in [1.165, 1.54) is 12.1 Å². The Morgan fingerprint density at radius 2 is 1.77 bits per heavy atom. The molecule has 0 bridgehead atoms. The Kier molecular flexibility index (Phi) is 6.99. The summed E-state index contributed by atoms with van der Waals surface area (Å²) in [6.07, 6.45) is -0.883. The molecule has 1 fully saturated rings. The highest BCUT2D eigenvalue weighted by atomic mass is 16.5. The second kappa shape index (κ2) is 9.86. The van der Waals surface area contributed by atoms with Crippen molar-refractivity contribution in [2.24, 2.45) is 0 Å². The van der Waals surface area contributed by atoms with Crippen molar-refractivity contribution in [3.8, 4) is 0 Å². The molecule has 30 heavy (non-hydrogen) atoms. The number of aliphatic hydroxyl groups is 1. The zero-order valence-electron chi connectivity index (χ0n) is 16.2. The minimum Gasteiger partial charge on any atom is -0.478 e. The Labute approximate surface area is 173 Å². The van der Waals surface area contributed by atoms with Crippen LogP contribution in [0.2, 0.25) is 0 Å². The molecule has 9 nitrogen and oxygen atoms in total. The van der Waals surface area contributed by atoms with Gasteiger partial charge in [-0.05, 0) is 36.4 Å². The summed E-state index contributed by atoms with van der Waals surface area (Å²) in [5.41, 5.74) is 1.47. The van der Waals surface area contributed by atoms with Gasteiger partial charge in [0.1, 0.15) is 6.61 Å². The predicted octanol–water partition coefficient (Wildman–Crippen LogP) is 0.951. The van der Waals surface area contributed by atoms with Gasteiger partial charge in [-0.25, -0.2) is 4.79 Å². The van der Waals surface area contributed by atoms with Gasteiger partial charge in [0.05, 0.1) is 23.8 Å². The quantitative estimate of drug-likeness (QED) is 0.507. The average molecular weight is 413 g/mol. The number of carboxylic acid groups (broad SMARTS) is 1. The summed E-state index contributed by atoms with van der Waals surface area (Å²) in [6.45, 7) is 1.22. The van der Waals surface area contributed by atoms with Crippen LogP contribution in [0.3, 0.4) is 0 Å². The lowest BCUT2D eigenvalue weighted by atomic mass is 10.1. The SMILES string of the molecule is O=C(O)c1ccccc1C(=O)NC[C@H](O)CNc1ccc(N2CCOCC2=O)cc1. The van der Waals surface area contributed by atoms with Crippen molar-refractivity contribution in [3.63, 3.8) is 0 Å². The summed E-state index contributed by atoms with van der Waals surface area (Å²) in [7, 11) is 0. The number of benzene rings is 2. The van der Waals surface area contributed by atoms with E-state index in [9.17, 15) is 19.5 Å². The first-order valence-corrected chi connectivity index (χ1v) is 9.46. The highest BCUT2D eigenvalue weighted by molar-refractivity contribution is 6.04. The number of ether oxygens (including phenoxy) is 1. The molecule has 1 aliphatic rings. The molecule has 0 saturated carbocycles. The van der Waals surface area contributed by atoms with Crippen molar-refractivity contribution >= 4 is 29.2 Å². The largest absolute Gasteiger partial charge is 0.478 e. The Morgan fingerprint density at radius 1 is 1.07 bits per heavy atom. The van der Waals surface area contributed by atoms with Gasteiger partial charge in [0.25, 0.3) is 11.8 Å². The lowest BCUT2D eigenvalue weighted by Crippen LogP contribution is -2.41. The van der Waals surface area contributed by atoms with Crippen LogP contribution in [-0.2, 0) is 9.53 Å². The smallest absolute Gasteiger partial charge is 0.336 e. The monoisotopic (exact) mass is 413 g/mol. The molecule has 0 aliphatic carbocycles. The van der Waals surface area contributed by atoms with Crippen LogP contribution in [0, 0.1) is 0 Å². The summed E-state index contributed by atoms with van der Waals surface area (Å²) in [5.74, 6) is -1.84. The predicted molar refractivity (Wildman–Crippen MR) is 110 cm³/mol. The number of aromatic carboxylic acids is 1. The Bertz CT molecular complexity index is 915. The number of rotatable bonds is 8. The normalized spacial score (nSPS) is 14.8. The van der Waals surface area contributed by atoms with Gasteiger partial charge >= 0.3 is 5.97 Å². The van der Waals surface area contributed by atoms with E-state index in [1.54, 1.807) is 29.2 Å². The minimum absolute atomic E-state index is 0.0402. The molecule has 1 saturated heterocycles. The fourth-order valence-electron chi connectivity index (χ4n) is 3.03. The molecule has 0 aromatic heterocycles. The zero-order valence-corrected chi connectivity index (χ0v) is 16.2. The standard InChI is InChI=1S/C21H23N3O6/c25-16(12-23-20(27)17-3-1-2-4-18(17)21(28)29)11-22-14-5-7-15(8-6-14)24-9-10-30-13-19(24)26/h1-8,16,22,25H,9-13H2,(H,23,27)(H,28,29)/t16-/m1/s1. The molecule has 2 amide bonds. The number of carboxylic acids is 1. The third kappa shape index (κ3) is 5.34. The number of aliphatic hydroxyl groups excluding tert-OH is 1.